The highest BCUT2D eigenvalue weighted by atomic mass is 19.1. The Hall–Kier alpha value is -3.96. The van der Waals surface area contributed by atoms with Crippen LogP contribution in [0, 0.1) is 17.1 Å². The topological polar surface area (TPSA) is 72.7 Å². The Morgan fingerprint density at radius 2 is 2.00 bits per heavy atom. The highest BCUT2D eigenvalue weighted by Gasteiger charge is 2.49. The molecule has 0 saturated carbocycles. The van der Waals surface area contributed by atoms with Gasteiger partial charge < -0.3 is 19.4 Å². The van der Waals surface area contributed by atoms with Crippen LogP contribution in [-0.4, -0.2) is 72.1 Å². The van der Waals surface area contributed by atoms with Crippen LogP contribution in [0.4, 0.5) is 10.1 Å². The fourth-order valence-electron chi connectivity index (χ4n) is 7.64. The Morgan fingerprint density at radius 1 is 1.14 bits per heavy atom. The van der Waals surface area contributed by atoms with Gasteiger partial charge in [0, 0.05) is 30.1 Å². The van der Waals surface area contributed by atoms with Crippen LogP contribution in [0.2, 0.25) is 0 Å². The lowest BCUT2D eigenvalue weighted by atomic mass is 9.85. The van der Waals surface area contributed by atoms with Crippen molar-refractivity contribution in [3.8, 4) is 23.1 Å². The smallest absolute Gasteiger partial charge is 0.246 e. The van der Waals surface area contributed by atoms with Gasteiger partial charge in [0.15, 0.2) is 5.82 Å². The standard InChI is InChI=1S/C34H36FN5O2/c1-3-30(41)39-17-15-28-29(39)19-40(28)33-26-14-13-25(24-12-6-9-21-8-4-5-11-23(21)24)31(35)32(26)37-34(27(33)18-36)42-20-22-10-7-16-38(22)2/h3,6,9,12-14,22,28-29H,1,4-5,7-8,10-11,15-17,19-20H2,2H3/t22-,28+,29+/m0/s1. The van der Waals surface area contributed by atoms with Crippen molar-refractivity contribution >= 4 is 22.5 Å². The third-order valence-electron chi connectivity index (χ3n) is 9.96. The largest absolute Gasteiger partial charge is 0.475 e. The molecule has 0 bridgehead atoms. The number of carbonyl (C=O) groups excluding carboxylic acids is 1. The molecule has 7 rings (SSSR count). The predicted molar refractivity (Wildman–Crippen MR) is 161 cm³/mol. The van der Waals surface area contributed by atoms with Crippen molar-refractivity contribution in [2.45, 2.75) is 63.1 Å². The predicted octanol–water partition coefficient (Wildman–Crippen LogP) is 5.24. The number of aromatic nitrogens is 1. The molecule has 216 valence electrons. The summed E-state index contributed by atoms with van der Waals surface area (Å²) in [5, 5.41) is 11.1. The van der Waals surface area contributed by atoms with Gasteiger partial charge in [0.2, 0.25) is 11.8 Å². The lowest BCUT2D eigenvalue weighted by Crippen LogP contribution is -2.63. The molecule has 7 nitrogen and oxygen atoms in total. The number of pyridine rings is 1. The minimum Gasteiger partial charge on any atom is -0.475 e. The molecular weight excluding hydrogens is 529 g/mol. The molecule has 3 aliphatic heterocycles. The molecule has 3 saturated heterocycles. The molecule has 1 aromatic heterocycles. The fourth-order valence-corrected chi connectivity index (χ4v) is 7.64. The first-order valence-corrected chi connectivity index (χ1v) is 15.2. The third kappa shape index (κ3) is 4.25. The number of ether oxygens (including phenoxy) is 1. The molecule has 1 amide bonds. The highest BCUT2D eigenvalue weighted by molar-refractivity contribution is 5.99. The van der Waals surface area contributed by atoms with E-state index in [-0.39, 0.29) is 41.2 Å². The summed E-state index contributed by atoms with van der Waals surface area (Å²) in [4.78, 5) is 23.4. The summed E-state index contributed by atoms with van der Waals surface area (Å²) < 4.78 is 23.0. The first-order chi connectivity index (χ1) is 20.5. The molecular formula is C34H36FN5O2. The summed E-state index contributed by atoms with van der Waals surface area (Å²) >= 11 is 0. The van der Waals surface area contributed by atoms with Gasteiger partial charge in [-0.25, -0.2) is 9.37 Å². The van der Waals surface area contributed by atoms with Crippen LogP contribution in [-0.2, 0) is 17.6 Å². The molecule has 8 heteroatoms. The molecule has 1 aliphatic carbocycles. The highest BCUT2D eigenvalue weighted by Crippen LogP contribution is 2.45. The van der Waals surface area contributed by atoms with Crippen molar-refractivity contribution in [3.63, 3.8) is 0 Å². The Kier molecular flexibility index (Phi) is 6.86. The fraction of sp³-hybridized carbons (Fsp3) is 0.441. The Labute approximate surface area is 246 Å². The van der Waals surface area contributed by atoms with E-state index in [1.807, 2.05) is 29.2 Å². The molecule has 3 fully saturated rings. The normalized spacial score (nSPS) is 23.3. The number of amides is 1. The van der Waals surface area contributed by atoms with Crippen LogP contribution in [0.1, 0.15) is 48.8 Å². The minimum atomic E-state index is -0.382. The van der Waals surface area contributed by atoms with E-state index >= 15 is 4.39 Å². The number of halogens is 1. The van der Waals surface area contributed by atoms with E-state index in [4.69, 9.17) is 9.72 Å². The minimum absolute atomic E-state index is 0.0433. The van der Waals surface area contributed by atoms with Gasteiger partial charge in [-0.15, -0.1) is 0 Å². The van der Waals surface area contributed by atoms with Gasteiger partial charge in [0.05, 0.1) is 17.8 Å². The number of anilines is 1. The zero-order chi connectivity index (χ0) is 29.0. The summed E-state index contributed by atoms with van der Waals surface area (Å²) in [5.74, 6) is -0.271. The number of hydrogen-bond donors (Lipinski definition) is 0. The lowest BCUT2D eigenvalue weighted by Gasteiger charge is -2.48. The Morgan fingerprint density at radius 3 is 2.79 bits per heavy atom. The molecule has 0 unspecified atom stereocenters. The maximum atomic E-state index is 16.7. The van der Waals surface area contributed by atoms with E-state index in [1.165, 1.54) is 17.2 Å². The Balaban J connectivity index is 1.35. The summed E-state index contributed by atoms with van der Waals surface area (Å²) in [6.45, 7) is 6.26. The van der Waals surface area contributed by atoms with Gasteiger partial charge in [-0.05, 0) is 87.4 Å². The van der Waals surface area contributed by atoms with Gasteiger partial charge in [0.25, 0.3) is 0 Å². The zero-order valence-electron chi connectivity index (χ0n) is 24.1. The van der Waals surface area contributed by atoms with Crippen LogP contribution in [0.25, 0.3) is 22.0 Å². The maximum absolute atomic E-state index is 16.7. The average Bonchev–Trinajstić information content (AvgIpc) is 3.57. The van der Waals surface area contributed by atoms with E-state index in [0.717, 1.165) is 57.1 Å². The van der Waals surface area contributed by atoms with E-state index in [9.17, 15) is 10.1 Å². The summed E-state index contributed by atoms with van der Waals surface area (Å²) in [7, 11) is 2.08. The van der Waals surface area contributed by atoms with Crippen molar-refractivity contribution < 1.29 is 13.9 Å². The number of rotatable bonds is 6. The van der Waals surface area contributed by atoms with Crippen LogP contribution < -0.4 is 9.64 Å². The van der Waals surface area contributed by atoms with Crippen molar-refractivity contribution in [1.82, 2.24) is 14.8 Å². The van der Waals surface area contributed by atoms with Crippen LogP contribution in [0.15, 0.2) is 43.0 Å². The van der Waals surface area contributed by atoms with E-state index in [2.05, 4.69) is 35.6 Å². The quantitative estimate of drug-likeness (QED) is 0.381. The second kappa shape index (κ2) is 10.7. The first-order valence-electron chi connectivity index (χ1n) is 15.2. The number of aryl methyl sites for hydroxylation is 1. The number of carbonyl (C=O) groups is 1. The van der Waals surface area contributed by atoms with Crippen molar-refractivity contribution in [3.05, 3.63) is 65.5 Å². The van der Waals surface area contributed by atoms with Crippen molar-refractivity contribution in [2.75, 3.05) is 38.2 Å². The van der Waals surface area contributed by atoms with Gasteiger partial charge in [0.1, 0.15) is 23.8 Å². The molecule has 4 aliphatic rings. The number of hydrogen-bond acceptors (Lipinski definition) is 6. The van der Waals surface area contributed by atoms with E-state index < -0.39 is 0 Å². The third-order valence-corrected chi connectivity index (χ3v) is 9.96. The first kappa shape index (κ1) is 26.9. The van der Waals surface area contributed by atoms with Crippen LogP contribution in [0.3, 0.4) is 0 Å². The SMILES string of the molecule is C=CC(=O)N1CC[C@@H]2[C@H]1CN2c1c(C#N)c(OC[C@@H]2CCCN2C)nc2c(F)c(-c3cccc4c3CCCC4)ccc12. The van der Waals surface area contributed by atoms with Gasteiger partial charge in [-0.2, -0.15) is 5.26 Å². The van der Waals surface area contributed by atoms with Gasteiger partial charge in [-0.3, -0.25) is 4.79 Å². The van der Waals surface area contributed by atoms with Crippen LogP contribution >= 0.6 is 0 Å². The van der Waals surface area contributed by atoms with Crippen LogP contribution in [0.5, 0.6) is 5.88 Å². The average molecular weight is 566 g/mol. The van der Waals surface area contributed by atoms with Crippen molar-refractivity contribution in [1.29, 1.82) is 5.26 Å². The second-order valence-corrected chi connectivity index (χ2v) is 12.1. The number of benzene rings is 2. The summed E-state index contributed by atoms with van der Waals surface area (Å²) in [5.41, 5.74) is 5.20. The van der Waals surface area contributed by atoms with E-state index in [1.54, 1.807) is 0 Å². The molecule has 42 heavy (non-hydrogen) atoms. The zero-order valence-corrected chi connectivity index (χ0v) is 24.1. The number of likely N-dealkylation sites (tertiary alicyclic amines) is 2. The lowest BCUT2D eigenvalue weighted by molar-refractivity contribution is -0.127. The Bertz CT molecular complexity index is 1630. The molecule has 3 atom stereocenters. The van der Waals surface area contributed by atoms with E-state index in [0.29, 0.717) is 41.9 Å². The number of fused-ring (bicyclic) bond motifs is 3. The van der Waals surface area contributed by atoms with Crippen molar-refractivity contribution in [2.24, 2.45) is 0 Å². The summed E-state index contributed by atoms with van der Waals surface area (Å²) in [6, 6.07) is 12.6. The molecule has 2 aromatic carbocycles. The molecule has 0 radical (unpaired) electrons. The number of likely N-dealkylation sites (N-methyl/N-ethyl adjacent to an activating group) is 1. The monoisotopic (exact) mass is 565 g/mol. The summed E-state index contributed by atoms with van der Waals surface area (Å²) in [6.07, 6.45) is 8.46. The molecule has 0 N–H and O–H groups in total. The maximum Gasteiger partial charge on any atom is 0.246 e. The van der Waals surface area contributed by atoms with Gasteiger partial charge in [-0.1, -0.05) is 30.8 Å². The molecule has 3 aromatic rings. The molecule has 4 heterocycles. The second-order valence-electron chi connectivity index (χ2n) is 12.1. The molecule has 0 spiro atoms. The number of nitriles is 1. The van der Waals surface area contributed by atoms with Gasteiger partial charge >= 0.3 is 0 Å². The number of nitrogens with zero attached hydrogens (tertiary/aromatic N) is 5.